The number of aryl methyl sites for hydroxylation is 1. The molecule has 0 aliphatic heterocycles. The van der Waals surface area contributed by atoms with Crippen molar-refractivity contribution in [3.05, 3.63) is 52.3 Å². The van der Waals surface area contributed by atoms with E-state index >= 15 is 0 Å². The lowest BCUT2D eigenvalue weighted by atomic mass is 10.3. The second kappa shape index (κ2) is 9.73. The number of sulfone groups is 1. The summed E-state index contributed by atoms with van der Waals surface area (Å²) in [5, 5.41) is 5.53. The van der Waals surface area contributed by atoms with E-state index in [1.54, 1.807) is 0 Å². The lowest BCUT2D eigenvalue weighted by Crippen LogP contribution is -2.22. The van der Waals surface area contributed by atoms with Crippen LogP contribution in [0.15, 0.2) is 57.2 Å². The van der Waals surface area contributed by atoms with Crippen LogP contribution in [-0.4, -0.2) is 46.1 Å². The van der Waals surface area contributed by atoms with Crippen molar-refractivity contribution in [2.75, 3.05) is 12.9 Å². The van der Waals surface area contributed by atoms with E-state index < -0.39 is 37.5 Å². The number of aromatic nitrogens is 1. The molecule has 3 rings (SSSR count). The first-order valence-electron chi connectivity index (χ1n) is 9.19. The number of ether oxygens (including phenoxy) is 1. The highest BCUT2D eigenvalue weighted by Gasteiger charge is 2.20. The predicted octanol–water partition coefficient (Wildman–Crippen LogP) is 1.47. The van der Waals surface area contributed by atoms with Crippen LogP contribution >= 0.6 is 22.9 Å². The van der Waals surface area contributed by atoms with Crippen LogP contribution in [0.3, 0.4) is 0 Å². The van der Waals surface area contributed by atoms with Crippen LogP contribution in [0.4, 0.5) is 0 Å². The molecule has 2 N–H and O–H groups in total. The number of amides is 1. The minimum Gasteiger partial charge on any atom is -0.469 e. The number of nitrogens with two attached hydrogens (primary N) is 1. The van der Waals surface area contributed by atoms with E-state index in [0.717, 1.165) is 11.3 Å². The van der Waals surface area contributed by atoms with Gasteiger partial charge in [-0.05, 0) is 42.5 Å². The van der Waals surface area contributed by atoms with E-state index in [9.17, 15) is 26.4 Å². The maximum Gasteiger partial charge on any atom is 0.307 e. The third kappa shape index (κ3) is 6.06. The van der Waals surface area contributed by atoms with Crippen LogP contribution in [0.1, 0.15) is 6.42 Å². The predicted molar refractivity (Wildman–Crippen MR) is 122 cm³/mol. The molecule has 3 aromatic rings. The van der Waals surface area contributed by atoms with Crippen molar-refractivity contribution >= 4 is 64.9 Å². The number of esters is 1. The molecular formula is C19H18ClN3O7S3. The van der Waals surface area contributed by atoms with Gasteiger partial charge in [0.15, 0.2) is 14.6 Å². The number of sulfonamides is 1. The monoisotopic (exact) mass is 531 g/mol. The first-order valence-corrected chi connectivity index (χ1v) is 13.6. The number of methoxy groups -OCH3 is 1. The number of primary sulfonamides is 1. The number of hydrogen-bond acceptors (Lipinski definition) is 8. The summed E-state index contributed by atoms with van der Waals surface area (Å²) in [4.78, 5) is 27.9. The molecule has 2 aromatic carbocycles. The van der Waals surface area contributed by atoms with E-state index in [-0.39, 0.29) is 27.6 Å². The number of halogens is 1. The van der Waals surface area contributed by atoms with Crippen molar-refractivity contribution in [1.82, 2.24) is 4.57 Å². The molecular weight excluding hydrogens is 514 g/mol. The Morgan fingerprint density at radius 1 is 1.09 bits per heavy atom. The highest BCUT2D eigenvalue weighted by molar-refractivity contribution is 7.92. The average molecular weight is 532 g/mol. The highest BCUT2D eigenvalue weighted by Crippen LogP contribution is 2.22. The quantitative estimate of drug-likeness (QED) is 0.452. The number of hydrogen-bond donors (Lipinski definition) is 1. The SMILES string of the molecule is COC(=O)CCn1c(=NC(=O)CS(=O)(=O)c2ccc(Cl)cc2)sc2cc(S(N)(=O)=O)ccc21. The van der Waals surface area contributed by atoms with Crippen molar-refractivity contribution in [2.24, 2.45) is 10.1 Å². The van der Waals surface area contributed by atoms with Gasteiger partial charge < -0.3 is 9.30 Å². The average Bonchev–Trinajstić information content (AvgIpc) is 3.07. The fourth-order valence-corrected chi connectivity index (χ4v) is 5.82. The van der Waals surface area contributed by atoms with Gasteiger partial charge in [0, 0.05) is 11.6 Å². The van der Waals surface area contributed by atoms with E-state index in [1.807, 2.05) is 0 Å². The second-order valence-electron chi connectivity index (χ2n) is 6.76. The molecule has 176 valence electrons. The van der Waals surface area contributed by atoms with E-state index in [0.29, 0.717) is 15.2 Å². The van der Waals surface area contributed by atoms with Gasteiger partial charge >= 0.3 is 5.97 Å². The zero-order valence-corrected chi connectivity index (χ0v) is 20.3. The fourth-order valence-electron chi connectivity index (χ4n) is 2.86. The minimum absolute atomic E-state index is 0.0519. The number of fused-ring (bicyclic) bond motifs is 1. The van der Waals surface area contributed by atoms with Crippen LogP contribution in [0.2, 0.25) is 5.02 Å². The minimum atomic E-state index is -3.97. The van der Waals surface area contributed by atoms with Crippen molar-refractivity contribution in [3.8, 4) is 0 Å². The van der Waals surface area contributed by atoms with Crippen molar-refractivity contribution in [2.45, 2.75) is 22.8 Å². The van der Waals surface area contributed by atoms with Crippen molar-refractivity contribution in [1.29, 1.82) is 0 Å². The maximum atomic E-state index is 12.5. The largest absolute Gasteiger partial charge is 0.469 e. The molecule has 0 aliphatic rings. The number of carbonyl (C=O) groups excluding carboxylic acids is 2. The molecule has 0 unspecified atom stereocenters. The topological polar surface area (TPSA) is 155 Å². The maximum absolute atomic E-state index is 12.5. The molecule has 14 heteroatoms. The molecule has 10 nitrogen and oxygen atoms in total. The Morgan fingerprint density at radius 3 is 2.33 bits per heavy atom. The lowest BCUT2D eigenvalue weighted by molar-refractivity contribution is -0.140. The van der Waals surface area contributed by atoms with Gasteiger partial charge in [-0.3, -0.25) is 9.59 Å². The summed E-state index contributed by atoms with van der Waals surface area (Å²) in [6, 6.07) is 9.44. The Kier molecular flexibility index (Phi) is 7.39. The van der Waals surface area contributed by atoms with Crippen LogP contribution in [0.25, 0.3) is 10.2 Å². The first-order chi connectivity index (χ1) is 15.4. The summed E-state index contributed by atoms with van der Waals surface area (Å²) < 4.78 is 55.0. The molecule has 0 aliphatic carbocycles. The molecule has 0 saturated carbocycles. The third-order valence-corrected chi connectivity index (χ3v) is 8.28. The zero-order chi connectivity index (χ0) is 24.4. The van der Waals surface area contributed by atoms with Gasteiger partial charge in [0.25, 0.3) is 5.91 Å². The fraction of sp³-hybridized carbons (Fsp3) is 0.211. The standard InChI is InChI=1S/C19H18ClN3O7S3/c1-30-18(25)8-9-23-15-7-6-14(33(21,28)29)10-16(15)31-19(23)22-17(24)11-32(26,27)13-4-2-12(20)3-5-13/h2-7,10H,8-9,11H2,1H3,(H2,21,28,29). The number of rotatable bonds is 7. The number of benzene rings is 2. The van der Waals surface area contributed by atoms with Crippen LogP contribution < -0.4 is 9.94 Å². The van der Waals surface area contributed by atoms with Crippen LogP contribution in [0.5, 0.6) is 0 Å². The number of nitrogens with zero attached hydrogens (tertiary/aromatic N) is 2. The highest BCUT2D eigenvalue weighted by atomic mass is 35.5. The molecule has 0 saturated heterocycles. The number of carbonyl (C=O) groups is 2. The molecule has 0 fully saturated rings. The first kappa shape index (κ1) is 25.1. The molecule has 0 bridgehead atoms. The van der Waals surface area contributed by atoms with Gasteiger partial charge in [-0.2, -0.15) is 4.99 Å². The van der Waals surface area contributed by atoms with Gasteiger partial charge in [-0.1, -0.05) is 22.9 Å². The Labute approximate surface area is 198 Å². The van der Waals surface area contributed by atoms with Gasteiger partial charge in [0.05, 0.1) is 33.5 Å². The summed E-state index contributed by atoms with van der Waals surface area (Å²) in [6.07, 6.45) is -0.0519. The molecule has 1 amide bonds. The van der Waals surface area contributed by atoms with Crippen LogP contribution in [-0.2, 0) is 40.7 Å². The van der Waals surface area contributed by atoms with Gasteiger partial charge in [0.2, 0.25) is 10.0 Å². The van der Waals surface area contributed by atoms with Crippen molar-refractivity contribution < 1.29 is 31.2 Å². The lowest BCUT2D eigenvalue weighted by Gasteiger charge is -2.05. The Bertz CT molecular complexity index is 1510. The Balaban J connectivity index is 2.04. The molecule has 1 aromatic heterocycles. The third-order valence-electron chi connectivity index (χ3n) is 4.46. The summed E-state index contributed by atoms with van der Waals surface area (Å²) in [5.74, 6) is -2.33. The Morgan fingerprint density at radius 2 is 1.73 bits per heavy atom. The van der Waals surface area contributed by atoms with Gasteiger partial charge in [-0.25, -0.2) is 22.0 Å². The summed E-state index contributed by atoms with van der Waals surface area (Å²) in [7, 11) is -6.71. The molecule has 0 spiro atoms. The molecule has 33 heavy (non-hydrogen) atoms. The second-order valence-corrected chi connectivity index (χ2v) is 11.8. The summed E-state index contributed by atoms with van der Waals surface area (Å²) in [5.41, 5.74) is 0.489. The van der Waals surface area contributed by atoms with E-state index in [4.69, 9.17) is 16.7 Å². The molecule has 1 heterocycles. The van der Waals surface area contributed by atoms with Crippen LogP contribution in [0, 0.1) is 0 Å². The smallest absolute Gasteiger partial charge is 0.307 e. The summed E-state index contributed by atoms with van der Waals surface area (Å²) in [6.45, 7) is 0.0669. The Hall–Kier alpha value is -2.58. The van der Waals surface area contributed by atoms with E-state index in [2.05, 4.69) is 9.73 Å². The molecule has 0 atom stereocenters. The molecule has 0 radical (unpaired) electrons. The summed E-state index contributed by atoms with van der Waals surface area (Å²) >= 11 is 6.73. The van der Waals surface area contributed by atoms with E-state index in [1.165, 1.54) is 54.1 Å². The normalized spacial score (nSPS) is 12.8. The van der Waals surface area contributed by atoms with Gasteiger partial charge in [-0.15, -0.1) is 0 Å². The number of thiazole rings is 1. The van der Waals surface area contributed by atoms with Crippen molar-refractivity contribution in [3.63, 3.8) is 0 Å². The van der Waals surface area contributed by atoms with Gasteiger partial charge in [0.1, 0.15) is 5.75 Å². The zero-order valence-electron chi connectivity index (χ0n) is 17.1.